The number of benzene rings is 2. The molecule has 2 rings (SSSR count). The fourth-order valence-electron chi connectivity index (χ4n) is 1.96. The van der Waals surface area contributed by atoms with Crippen LogP contribution in [0, 0.1) is 17.1 Å². The van der Waals surface area contributed by atoms with Gasteiger partial charge in [-0.3, -0.25) is 0 Å². The molecule has 0 amide bonds. The second kappa shape index (κ2) is 5.73. The molecule has 0 aliphatic rings. The highest BCUT2D eigenvalue weighted by atomic mass is 35.5. The van der Waals surface area contributed by atoms with Crippen molar-refractivity contribution in [2.75, 3.05) is 11.4 Å². The van der Waals surface area contributed by atoms with E-state index in [-0.39, 0.29) is 5.82 Å². The van der Waals surface area contributed by atoms with Crippen molar-refractivity contribution in [3.8, 4) is 6.07 Å². The molecule has 0 aromatic heterocycles. The average Bonchev–Trinajstić information content (AvgIpc) is 2.40. The molecule has 0 saturated heterocycles. The second-order valence-electron chi connectivity index (χ2n) is 4.00. The van der Waals surface area contributed by atoms with Crippen molar-refractivity contribution in [2.24, 2.45) is 0 Å². The van der Waals surface area contributed by atoms with Gasteiger partial charge < -0.3 is 4.90 Å². The Morgan fingerprint density at radius 1 is 1.26 bits per heavy atom. The molecule has 2 aromatic carbocycles. The summed E-state index contributed by atoms with van der Waals surface area (Å²) in [5.74, 6) is -0.309. The van der Waals surface area contributed by atoms with Gasteiger partial charge in [0.05, 0.1) is 11.3 Å². The smallest absolute Gasteiger partial charge is 0.125 e. The third kappa shape index (κ3) is 2.86. The lowest BCUT2D eigenvalue weighted by molar-refractivity contribution is 0.627. The fraction of sp³-hybridized carbons (Fsp3) is 0.133. The van der Waals surface area contributed by atoms with E-state index in [2.05, 4.69) is 6.07 Å². The molecule has 0 aliphatic heterocycles. The number of nitrogens with zero attached hydrogens (tertiary/aromatic N) is 2. The molecular formula is C15H12ClFN2. The number of halogens is 2. The van der Waals surface area contributed by atoms with Crippen LogP contribution in [-0.2, 0) is 0 Å². The summed E-state index contributed by atoms with van der Waals surface area (Å²) in [5.41, 5.74) is 1.89. The molecule has 0 aliphatic carbocycles. The van der Waals surface area contributed by atoms with Gasteiger partial charge in [0.1, 0.15) is 11.9 Å². The van der Waals surface area contributed by atoms with E-state index in [0.29, 0.717) is 28.5 Å². The first-order valence-corrected chi connectivity index (χ1v) is 6.26. The van der Waals surface area contributed by atoms with E-state index in [1.54, 1.807) is 30.3 Å². The lowest BCUT2D eigenvalue weighted by Crippen LogP contribution is -2.17. The monoisotopic (exact) mass is 274 g/mol. The highest BCUT2D eigenvalue weighted by molar-refractivity contribution is 6.30. The highest BCUT2D eigenvalue weighted by Crippen LogP contribution is 2.30. The van der Waals surface area contributed by atoms with Crippen LogP contribution in [0.15, 0.2) is 42.5 Å². The zero-order valence-corrected chi connectivity index (χ0v) is 11.2. The van der Waals surface area contributed by atoms with Crippen LogP contribution >= 0.6 is 11.6 Å². The summed E-state index contributed by atoms with van der Waals surface area (Å²) in [6.07, 6.45) is 0. The molecule has 0 saturated carbocycles. The maximum Gasteiger partial charge on any atom is 0.125 e. The van der Waals surface area contributed by atoms with Gasteiger partial charge >= 0.3 is 0 Å². The third-order valence-electron chi connectivity index (χ3n) is 2.81. The van der Waals surface area contributed by atoms with Crippen LogP contribution < -0.4 is 4.90 Å². The van der Waals surface area contributed by atoms with E-state index in [0.717, 1.165) is 0 Å². The van der Waals surface area contributed by atoms with Crippen LogP contribution in [0.4, 0.5) is 15.8 Å². The van der Waals surface area contributed by atoms with Gasteiger partial charge in [0.25, 0.3) is 0 Å². The lowest BCUT2D eigenvalue weighted by Gasteiger charge is -2.24. The van der Waals surface area contributed by atoms with Gasteiger partial charge in [0.15, 0.2) is 0 Å². The molecule has 19 heavy (non-hydrogen) atoms. The molecule has 2 nitrogen and oxygen atoms in total. The molecule has 4 heteroatoms. The Bertz CT molecular complexity index is 634. The number of rotatable bonds is 3. The summed E-state index contributed by atoms with van der Waals surface area (Å²) in [6, 6.07) is 13.4. The molecule has 0 spiro atoms. The molecule has 0 atom stereocenters. The van der Waals surface area contributed by atoms with Crippen molar-refractivity contribution in [3.63, 3.8) is 0 Å². The van der Waals surface area contributed by atoms with Gasteiger partial charge in [-0.25, -0.2) is 4.39 Å². The maximum absolute atomic E-state index is 13.3. The Morgan fingerprint density at radius 2 is 2.05 bits per heavy atom. The van der Waals surface area contributed by atoms with Crippen molar-refractivity contribution < 1.29 is 4.39 Å². The Morgan fingerprint density at radius 3 is 2.68 bits per heavy atom. The summed E-state index contributed by atoms with van der Waals surface area (Å²) < 4.78 is 13.3. The van der Waals surface area contributed by atoms with Crippen LogP contribution in [0.1, 0.15) is 12.5 Å². The summed E-state index contributed by atoms with van der Waals surface area (Å²) >= 11 is 5.98. The number of nitriles is 1. The topological polar surface area (TPSA) is 27.0 Å². The Kier molecular flexibility index (Phi) is 4.03. The van der Waals surface area contributed by atoms with E-state index < -0.39 is 0 Å². The number of hydrogen-bond acceptors (Lipinski definition) is 2. The van der Waals surface area contributed by atoms with Crippen molar-refractivity contribution in [1.82, 2.24) is 0 Å². The zero-order valence-electron chi connectivity index (χ0n) is 10.4. The SMILES string of the molecule is CCN(c1cccc(F)c1)c1cc(Cl)ccc1C#N. The molecular weight excluding hydrogens is 263 g/mol. The van der Waals surface area contributed by atoms with Crippen LogP contribution in [-0.4, -0.2) is 6.54 Å². The summed E-state index contributed by atoms with van der Waals surface area (Å²) in [4.78, 5) is 1.85. The minimum atomic E-state index is -0.309. The first kappa shape index (κ1) is 13.4. The van der Waals surface area contributed by atoms with Gasteiger partial charge in [-0.1, -0.05) is 17.7 Å². The van der Waals surface area contributed by atoms with E-state index in [4.69, 9.17) is 16.9 Å². The minimum absolute atomic E-state index is 0.309. The van der Waals surface area contributed by atoms with Crippen molar-refractivity contribution >= 4 is 23.0 Å². The average molecular weight is 275 g/mol. The van der Waals surface area contributed by atoms with E-state index in [9.17, 15) is 4.39 Å². The molecule has 0 N–H and O–H groups in total. The first-order chi connectivity index (χ1) is 9.15. The fourth-order valence-corrected chi connectivity index (χ4v) is 2.13. The number of anilines is 2. The van der Waals surface area contributed by atoms with Crippen LogP contribution in [0.3, 0.4) is 0 Å². The third-order valence-corrected chi connectivity index (χ3v) is 3.04. The minimum Gasteiger partial charge on any atom is -0.341 e. The molecule has 0 unspecified atom stereocenters. The summed E-state index contributed by atoms with van der Waals surface area (Å²) in [5, 5.41) is 9.71. The predicted molar refractivity (Wildman–Crippen MR) is 75.2 cm³/mol. The Balaban J connectivity index is 2.54. The molecule has 0 bridgehead atoms. The van der Waals surface area contributed by atoms with Gasteiger partial charge in [0.2, 0.25) is 0 Å². The van der Waals surface area contributed by atoms with E-state index in [1.807, 2.05) is 11.8 Å². The van der Waals surface area contributed by atoms with Crippen molar-refractivity contribution in [3.05, 3.63) is 58.9 Å². The normalized spacial score (nSPS) is 10.0. The van der Waals surface area contributed by atoms with Crippen molar-refractivity contribution in [2.45, 2.75) is 6.92 Å². The van der Waals surface area contributed by atoms with Gasteiger partial charge in [0, 0.05) is 17.3 Å². The lowest BCUT2D eigenvalue weighted by atomic mass is 10.1. The Labute approximate surface area is 116 Å². The van der Waals surface area contributed by atoms with E-state index >= 15 is 0 Å². The van der Waals surface area contributed by atoms with Gasteiger partial charge in [-0.05, 0) is 43.3 Å². The molecule has 0 heterocycles. The predicted octanol–water partition coefficient (Wildman–Crippen LogP) is 4.51. The summed E-state index contributed by atoms with van der Waals surface area (Å²) in [6.45, 7) is 2.55. The maximum atomic E-state index is 13.3. The summed E-state index contributed by atoms with van der Waals surface area (Å²) in [7, 11) is 0. The molecule has 96 valence electrons. The standard InChI is InChI=1S/C15H12ClFN2/c1-2-19(14-5-3-4-13(17)9-14)15-8-12(16)7-6-11(15)10-18/h3-9H,2H2,1H3. The van der Waals surface area contributed by atoms with E-state index in [1.165, 1.54) is 12.1 Å². The Hall–Kier alpha value is -2.05. The molecule has 0 fully saturated rings. The van der Waals surface area contributed by atoms with Crippen molar-refractivity contribution in [1.29, 1.82) is 5.26 Å². The number of hydrogen-bond donors (Lipinski definition) is 0. The zero-order chi connectivity index (χ0) is 13.8. The van der Waals surface area contributed by atoms with Crippen LogP contribution in [0.2, 0.25) is 5.02 Å². The largest absolute Gasteiger partial charge is 0.341 e. The second-order valence-corrected chi connectivity index (χ2v) is 4.43. The van der Waals surface area contributed by atoms with Gasteiger partial charge in [-0.2, -0.15) is 5.26 Å². The highest BCUT2D eigenvalue weighted by Gasteiger charge is 2.13. The van der Waals surface area contributed by atoms with Gasteiger partial charge in [-0.15, -0.1) is 0 Å². The molecule has 2 aromatic rings. The molecule has 0 radical (unpaired) electrons. The first-order valence-electron chi connectivity index (χ1n) is 5.88. The quantitative estimate of drug-likeness (QED) is 0.823. The van der Waals surface area contributed by atoms with Crippen LogP contribution in [0.5, 0.6) is 0 Å². The van der Waals surface area contributed by atoms with Crippen LogP contribution in [0.25, 0.3) is 0 Å².